The van der Waals surface area contributed by atoms with Crippen molar-refractivity contribution in [2.75, 3.05) is 13.1 Å². The number of azide groups is 1. The Labute approximate surface area is 129 Å². The normalized spacial score (nSPS) is 13.3. The molecule has 0 saturated carbocycles. The van der Waals surface area contributed by atoms with E-state index in [1.54, 1.807) is 25.1 Å². The second-order valence-electron chi connectivity index (χ2n) is 4.29. The molecule has 0 aliphatic heterocycles. The molecule has 0 aliphatic carbocycles. The first-order chi connectivity index (χ1) is 9.41. The monoisotopic (exact) mass is 360 g/mol. The van der Waals surface area contributed by atoms with Crippen LogP contribution in [-0.4, -0.2) is 24.2 Å². The minimum Gasteiger partial charge on any atom is -0.480 e. The lowest BCUT2D eigenvalue weighted by molar-refractivity contribution is -0.144. The highest BCUT2D eigenvalue weighted by molar-refractivity contribution is 9.10. The van der Waals surface area contributed by atoms with Gasteiger partial charge in [-0.05, 0) is 37.6 Å². The summed E-state index contributed by atoms with van der Waals surface area (Å²) in [7, 11) is 0. The summed E-state index contributed by atoms with van der Waals surface area (Å²) in [6.07, 6.45) is 0.543. The fraction of sp³-hybridized carbons (Fsp3) is 0.417. The van der Waals surface area contributed by atoms with Gasteiger partial charge < -0.3 is 5.11 Å². The van der Waals surface area contributed by atoms with Crippen LogP contribution in [0.3, 0.4) is 0 Å². The van der Waals surface area contributed by atoms with Gasteiger partial charge in [-0.2, -0.15) is 0 Å². The molecular weight excluding hydrogens is 348 g/mol. The average molecular weight is 362 g/mol. The van der Waals surface area contributed by atoms with Gasteiger partial charge in [-0.1, -0.05) is 38.7 Å². The van der Waals surface area contributed by atoms with Crippen LogP contribution in [0.1, 0.15) is 18.9 Å². The molecule has 1 atom stereocenters. The largest absolute Gasteiger partial charge is 0.480 e. The molecule has 108 valence electrons. The number of carboxylic acid groups (broad SMARTS) is 1. The number of carbonyl (C=O) groups is 1. The maximum Gasteiger partial charge on any atom is 0.328 e. The molecule has 1 unspecified atom stereocenters. The minimum absolute atomic E-state index is 0.313. The van der Waals surface area contributed by atoms with Gasteiger partial charge in [0.1, 0.15) is 5.54 Å². The van der Waals surface area contributed by atoms with Crippen LogP contribution in [-0.2, 0) is 10.3 Å². The van der Waals surface area contributed by atoms with Crippen molar-refractivity contribution in [1.29, 1.82) is 0 Å². The Hall–Kier alpha value is -1.27. The lowest BCUT2D eigenvalue weighted by Gasteiger charge is -2.28. The summed E-state index contributed by atoms with van der Waals surface area (Å²) in [5, 5.41) is 16.2. The quantitative estimate of drug-likeness (QED) is 0.335. The Morgan fingerprint density at radius 3 is 2.90 bits per heavy atom. The van der Waals surface area contributed by atoms with E-state index >= 15 is 0 Å². The zero-order chi connectivity index (χ0) is 15.2. The van der Waals surface area contributed by atoms with Gasteiger partial charge in [-0.25, -0.2) is 4.79 Å². The Kier molecular flexibility index (Phi) is 6.29. The average Bonchev–Trinajstić information content (AvgIpc) is 2.37. The van der Waals surface area contributed by atoms with Crippen LogP contribution in [0.4, 0.5) is 0 Å². The maximum atomic E-state index is 11.6. The molecule has 0 bridgehead atoms. The van der Waals surface area contributed by atoms with E-state index in [-0.39, 0.29) is 0 Å². The fourth-order valence-corrected chi connectivity index (χ4v) is 2.58. The zero-order valence-corrected chi connectivity index (χ0v) is 13.1. The molecule has 1 aromatic carbocycles. The van der Waals surface area contributed by atoms with Crippen LogP contribution in [0.2, 0.25) is 5.02 Å². The first-order valence-corrected chi connectivity index (χ1v) is 7.03. The highest BCUT2D eigenvalue weighted by Crippen LogP contribution is 2.30. The molecule has 0 amide bonds. The van der Waals surface area contributed by atoms with Gasteiger partial charge in [-0.3, -0.25) is 5.32 Å². The summed E-state index contributed by atoms with van der Waals surface area (Å²) >= 11 is 9.40. The van der Waals surface area contributed by atoms with E-state index in [1.807, 2.05) is 0 Å². The van der Waals surface area contributed by atoms with Gasteiger partial charge >= 0.3 is 5.97 Å². The van der Waals surface area contributed by atoms with E-state index < -0.39 is 11.5 Å². The highest BCUT2D eigenvalue weighted by Gasteiger charge is 2.36. The smallest absolute Gasteiger partial charge is 0.328 e. The second-order valence-corrected chi connectivity index (χ2v) is 5.61. The molecule has 0 fully saturated rings. The number of aliphatic carboxylic acids is 1. The third-order valence-corrected chi connectivity index (χ3v) is 3.68. The number of hydrogen-bond acceptors (Lipinski definition) is 3. The molecule has 1 aromatic rings. The third kappa shape index (κ3) is 4.11. The van der Waals surface area contributed by atoms with E-state index in [2.05, 4.69) is 31.3 Å². The molecule has 2 N–H and O–H groups in total. The molecule has 8 heteroatoms. The van der Waals surface area contributed by atoms with Gasteiger partial charge in [0.05, 0.1) is 0 Å². The van der Waals surface area contributed by atoms with Crippen molar-refractivity contribution in [3.05, 3.63) is 43.7 Å². The molecule has 0 saturated heterocycles. The van der Waals surface area contributed by atoms with Crippen LogP contribution < -0.4 is 5.32 Å². The third-order valence-electron chi connectivity index (χ3n) is 2.87. The number of rotatable bonds is 7. The predicted octanol–water partition coefficient (Wildman–Crippen LogP) is 3.69. The van der Waals surface area contributed by atoms with Gasteiger partial charge in [0, 0.05) is 26.5 Å². The zero-order valence-electron chi connectivity index (χ0n) is 10.8. The first-order valence-electron chi connectivity index (χ1n) is 5.86. The Bertz CT molecular complexity index is 548. The molecule has 1 rings (SSSR count). The van der Waals surface area contributed by atoms with E-state index in [0.29, 0.717) is 30.1 Å². The second kappa shape index (κ2) is 7.50. The van der Waals surface area contributed by atoms with Gasteiger partial charge in [-0.15, -0.1) is 0 Å². The van der Waals surface area contributed by atoms with Crippen LogP contribution in [0.15, 0.2) is 27.8 Å². The van der Waals surface area contributed by atoms with Crippen LogP contribution >= 0.6 is 27.5 Å². The van der Waals surface area contributed by atoms with Crippen molar-refractivity contribution in [3.63, 3.8) is 0 Å². The number of hydrogen-bond donors (Lipinski definition) is 2. The molecule has 20 heavy (non-hydrogen) atoms. The number of nitrogens with zero attached hydrogens (tertiary/aromatic N) is 3. The van der Waals surface area contributed by atoms with E-state index in [4.69, 9.17) is 17.1 Å². The topological polar surface area (TPSA) is 98.1 Å². The molecule has 0 aromatic heterocycles. The number of halogens is 2. The maximum absolute atomic E-state index is 11.6. The van der Waals surface area contributed by atoms with Crippen molar-refractivity contribution in [1.82, 2.24) is 5.32 Å². The van der Waals surface area contributed by atoms with E-state index in [0.717, 1.165) is 4.47 Å². The molecule has 6 nitrogen and oxygen atoms in total. The SMILES string of the molecule is CC(NCCCN=[N+]=[N-])(C(=O)O)c1ccc(Br)cc1Cl. The standard InChI is InChI=1S/C12H14BrClN4O2/c1-12(11(19)20,16-5-2-6-17-18-15)9-4-3-8(13)7-10(9)14/h3-4,7,16H,2,5-6H2,1H3,(H,19,20). The fourth-order valence-electron chi connectivity index (χ4n) is 1.71. The Morgan fingerprint density at radius 1 is 1.65 bits per heavy atom. The van der Waals surface area contributed by atoms with Gasteiger partial charge in [0.2, 0.25) is 0 Å². The summed E-state index contributed by atoms with van der Waals surface area (Å²) in [6.45, 7) is 2.26. The summed E-state index contributed by atoms with van der Waals surface area (Å²) in [4.78, 5) is 14.2. The van der Waals surface area contributed by atoms with Crippen LogP contribution in [0, 0.1) is 0 Å². The van der Waals surface area contributed by atoms with E-state index in [1.165, 1.54) is 0 Å². The summed E-state index contributed by atoms with van der Waals surface area (Å²) in [5.41, 5.74) is 7.36. The lowest BCUT2D eigenvalue weighted by atomic mass is 9.92. The Morgan fingerprint density at radius 2 is 2.35 bits per heavy atom. The molecule has 0 radical (unpaired) electrons. The number of benzene rings is 1. The number of carboxylic acids is 1. The summed E-state index contributed by atoms with van der Waals surface area (Å²) < 4.78 is 0.780. The van der Waals surface area contributed by atoms with Crippen molar-refractivity contribution in [2.45, 2.75) is 18.9 Å². The van der Waals surface area contributed by atoms with Crippen LogP contribution in [0.25, 0.3) is 10.4 Å². The van der Waals surface area contributed by atoms with Crippen molar-refractivity contribution < 1.29 is 9.90 Å². The first kappa shape index (κ1) is 16.8. The molecular formula is C12H14BrClN4O2. The molecule has 0 aliphatic rings. The summed E-state index contributed by atoms with van der Waals surface area (Å²) in [5.74, 6) is -1.02. The van der Waals surface area contributed by atoms with Gasteiger partial charge in [0.25, 0.3) is 0 Å². The van der Waals surface area contributed by atoms with Crippen molar-refractivity contribution >= 4 is 33.5 Å². The number of nitrogens with one attached hydrogen (secondary N) is 1. The highest BCUT2D eigenvalue weighted by atomic mass is 79.9. The Balaban J connectivity index is 2.91. The van der Waals surface area contributed by atoms with Crippen molar-refractivity contribution in [3.8, 4) is 0 Å². The lowest BCUT2D eigenvalue weighted by Crippen LogP contribution is -2.47. The van der Waals surface area contributed by atoms with Crippen LogP contribution in [0.5, 0.6) is 0 Å². The molecule has 0 spiro atoms. The predicted molar refractivity (Wildman–Crippen MR) is 80.8 cm³/mol. The van der Waals surface area contributed by atoms with E-state index in [9.17, 15) is 9.90 Å². The molecule has 0 heterocycles. The van der Waals surface area contributed by atoms with Gasteiger partial charge in [0.15, 0.2) is 0 Å². The summed E-state index contributed by atoms with van der Waals surface area (Å²) in [6, 6.07) is 5.06. The minimum atomic E-state index is -1.30. The van der Waals surface area contributed by atoms with Crippen molar-refractivity contribution in [2.24, 2.45) is 5.11 Å².